The van der Waals surface area contributed by atoms with E-state index in [-0.39, 0.29) is 18.0 Å². The van der Waals surface area contributed by atoms with Crippen molar-refractivity contribution < 1.29 is 19.0 Å². The van der Waals surface area contributed by atoms with Crippen molar-refractivity contribution in [2.24, 2.45) is 0 Å². The molecule has 1 N–H and O–H groups in total. The number of thiophene rings is 1. The molecule has 0 aliphatic rings. The number of carbonyl (C=O) groups is 1. The van der Waals surface area contributed by atoms with E-state index in [4.69, 9.17) is 14.2 Å². The predicted octanol–water partition coefficient (Wildman–Crippen LogP) is 3.51. The van der Waals surface area contributed by atoms with Crippen LogP contribution in [0, 0.1) is 0 Å². The number of nitrogens with zero attached hydrogens (tertiary/aromatic N) is 2. The van der Waals surface area contributed by atoms with E-state index in [0.29, 0.717) is 34.7 Å². The van der Waals surface area contributed by atoms with Gasteiger partial charge in [0.2, 0.25) is 5.91 Å². The summed E-state index contributed by atoms with van der Waals surface area (Å²) in [6, 6.07) is 13.2. The molecule has 0 aliphatic heterocycles. The second kappa shape index (κ2) is 10.4. The zero-order chi connectivity index (χ0) is 24.1. The van der Waals surface area contributed by atoms with Crippen molar-refractivity contribution in [1.82, 2.24) is 14.9 Å². The molecule has 2 aromatic carbocycles. The van der Waals surface area contributed by atoms with Gasteiger partial charge in [-0.05, 0) is 41.8 Å². The predicted molar refractivity (Wildman–Crippen MR) is 132 cm³/mol. The first-order chi connectivity index (χ1) is 16.5. The van der Waals surface area contributed by atoms with Crippen molar-refractivity contribution in [3.05, 3.63) is 70.1 Å². The summed E-state index contributed by atoms with van der Waals surface area (Å²) >= 11 is 1.33. The van der Waals surface area contributed by atoms with Crippen LogP contribution in [0.3, 0.4) is 0 Å². The van der Waals surface area contributed by atoms with E-state index in [9.17, 15) is 9.59 Å². The van der Waals surface area contributed by atoms with E-state index in [1.54, 1.807) is 21.3 Å². The Morgan fingerprint density at radius 2 is 1.79 bits per heavy atom. The van der Waals surface area contributed by atoms with Crippen LogP contribution in [0.1, 0.15) is 5.56 Å². The lowest BCUT2D eigenvalue weighted by Gasteiger charge is -2.10. The van der Waals surface area contributed by atoms with Crippen LogP contribution in [0.2, 0.25) is 0 Å². The molecule has 2 aromatic heterocycles. The molecule has 0 aliphatic carbocycles. The van der Waals surface area contributed by atoms with E-state index >= 15 is 0 Å². The Hall–Kier alpha value is -3.85. The van der Waals surface area contributed by atoms with Crippen LogP contribution in [0.25, 0.3) is 21.3 Å². The van der Waals surface area contributed by atoms with Crippen molar-refractivity contribution in [2.75, 3.05) is 27.9 Å². The van der Waals surface area contributed by atoms with E-state index in [2.05, 4.69) is 10.3 Å². The molecule has 4 aromatic rings. The van der Waals surface area contributed by atoms with Gasteiger partial charge in [-0.3, -0.25) is 14.2 Å². The Balaban J connectivity index is 1.41. The lowest BCUT2D eigenvalue weighted by atomic mass is 10.1. The fourth-order valence-corrected chi connectivity index (χ4v) is 4.60. The number of aromatic nitrogens is 2. The Bertz CT molecular complexity index is 1360. The molecule has 0 radical (unpaired) electrons. The summed E-state index contributed by atoms with van der Waals surface area (Å²) in [6.45, 7) is 0.336. The smallest absolute Gasteiger partial charge is 0.271 e. The molecule has 0 fully saturated rings. The number of benzene rings is 2. The van der Waals surface area contributed by atoms with Crippen LogP contribution in [0.5, 0.6) is 17.2 Å². The molecular formula is C25H25N3O5S. The van der Waals surface area contributed by atoms with Crippen molar-refractivity contribution in [2.45, 2.75) is 13.0 Å². The van der Waals surface area contributed by atoms with Crippen LogP contribution in [-0.4, -0.2) is 43.3 Å². The van der Waals surface area contributed by atoms with E-state index < -0.39 is 0 Å². The third-order valence-corrected chi connectivity index (χ3v) is 6.40. The zero-order valence-electron chi connectivity index (χ0n) is 19.2. The third kappa shape index (κ3) is 4.89. The Morgan fingerprint density at radius 3 is 2.50 bits per heavy atom. The number of carbonyl (C=O) groups excluding carboxylic acids is 1. The third-order valence-electron chi connectivity index (χ3n) is 5.44. The average molecular weight is 480 g/mol. The van der Waals surface area contributed by atoms with Crippen molar-refractivity contribution in [1.29, 1.82) is 0 Å². The molecule has 176 valence electrons. The van der Waals surface area contributed by atoms with Gasteiger partial charge in [0.05, 0.1) is 33.2 Å². The Morgan fingerprint density at radius 1 is 1.03 bits per heavy atom. The van der Waals surface area contributed by atoms with Gasteiger partial charge >= 0.3 is 0 Å². The minimum Gasteiger partial charge on any atom is -0.497 e. The molecule has 9 heteroatoms. The maximum atomic E-state index is 12.9. The number of hydrogen-bond acceptors (Lipinski definition) is 7. The first-order valence-electron chi connectivity index (χ1n) is 10.6. The molecule has 1 amide bonds. The fraction of sp³-hybridized carbons (Fsp3) is 0.240. The Labute approximate surface area is 200 Å². The van der Waals surface area contributed by atoms with Gasteiger partial charge in [0.25, 0.3) is 5.56 Å². The van der Waals surface area contributed by atoms with Crippen LogP contribution < -0.4 is 25.1 Å². The number of rotatable bonds is 9. The normalized spacial score (nSPS) is 10.8. The van der Waals surface area contributed by atoms with Crippen LogP contribution >= 0.6 is 11.3 Å². The number of ether oxygens (including phenoxy) is 3. The van der Waals surface area contributed by atoms with Crippen molar-refractivity contribution >= 4 is 27.5 Å². The maximum absolute atomic E-state index is 12.9. The summed E-state index contributed by atoms with van der Waals surface area (Å²) in [5.74, 6) is 1.80. The SMILES string of the molecule is COc1ccc(-c2csc3c(=O)n(CC(=O)NCCc4ccc(OC)c(OC)c4)cnc23)cc1. The summed E-state index contributed by atoms with van der Waals surface area (Å²) < 4.78 is 17.6. The molecule has 0 spiro atoms. The molecule has 4 rings (SSSR count). The summed E-state index contributed by atoms with van der Waals surface area (Å²) in [6.07, 6.45) is 2.05. The molecule has 8 nitrogen and oxygen atoms in total. The molecule has 0 bridgehead atoms. The highest BCUT2D eigenvalue weighted by molar-refractivity contribution is 7.17. The second-order valence-corrected chi connectivity index (χ2v) is 8.40. The van der Waals surface area contributed by atoms with Crippen LogP contribution in [0.15, 0.2) is 59.0 Å². The zero-order valence-corrected chi connectivity index (χ0v) is 20.0. The maximum Gasteiger partial charge on any atom is 0.271 e. The molecule has 0 unspecified atom stereocenters. The Kier molecular flexibility index (Phi) is 7.12. The molecular weight excluding hydrogens is 454 g/mol. The minimum atomic E-state index is -0.254. The van der Waals surface area contributed by atoms with Crippen LogP contribution in [-0.2, 0) is 17.8 Å². The number of methoxy groups -OCH3 is 3. The average Bonchev–Trinajstić information content (AvgIpc) is 3.30. The molecule has 2 heterocycles. The number of amides is 1. The van der Waals surface area contributed by atoms with Gasteiger partial charge in [-0.1, -0.05) is 18.2 Å². The largest absolute Gasteiger partial charge is 0.497 e. The monoisotopic (exact) mass is 479 g/mol. The van der Waals surface area contributed by atoms with Gasteiger partial charge in [-0.15, -0.1) is 11.3 Å². The molecule has 0 atom stereocenters. The number of fused-ring (bicyclic) bond motifs is 1. The summed E-state index contributed by atoms with van der Waals surface area (Å²) in [5.41, 5.74) is 3.23. The molecule has 0 saturated carbocycles. The number of nitrogens with one attached hydrogen (secondary N) is 1. The first-order valence-corrected chi connectivity index (χ1v) is 11.5. The van der Waals surface area contributed by atoms with Gasteiger partial charge in [-0.2, -0.15) is 0 Å². The highest BCUT2D eigenvalue weighted by Crippen LogP contribution is 2.31. The minimum absolute atomic E-state index is 0.0938. The molecule has 0 saturated heterocycles. The summed E-state index contributed by atoms with van der Waals surface area (Å²) in [4.78, 5) is 29.9. The van der Waals surface area contributed by atoms with E-state index in [1.165, 1.54) is 22.2 Å². The standard InChI is InChI=1S/C25H25N3O5S/c1-31-18-7-5-17(6-8-18)19-14-34-24-23(19)27-15-28(25(24)30)13-22(29)26-11-10-16-4-9-20(32-2)21(12-16)33-3/h4-9,12,14-15H,10-11,13H2,1-3H3,(H,26,29). The van der Waals surface area contributed by atoms with Crippen LogP contribution in [0.4, 0.5) is 0 Å². The van der Waals surface area contributed by atoms with Gasteiger partial charge in [0, 0.05) is 17.5 Å². The topological polar surface area (TPSA) is 91.7 Å². The number of hydrogen-bond donors (Lipinski definition) is 1. The van der Waals surface area contributed by atoms with Gasteiger partial charge in [0.1, 0.15) is 17.0 Å². The fourth-order valence-electron chi connectivity index (χ4n) is 3.62. The quantitative estimate of drug-likeness (QED) is 0.395. The van der Waals surface area contributed by atoms with Crippen molar-refractivity contribution in [3.63, 3.8) is 0 Å². The summed E-state index contributed by atoms with van der Waals surface area (Å²) in [5, 5.41) is 4.77. The van der Waals surface area contributed by atoms with E-state index in [1.807, 2.05) is 47.8 Å². The highest BCUT2D eigenvalue weighted by atomic mass is 32.1. The first kappa shape index (κ1) is 23.3. The lowest BCUT2D eigenvalue weighted by Crippen LogP contribution is -2.33. The van der Waals surface area contributed by atoms with E-state index in [0.717, 1.165) is 22.4 Å². The second-order valence-electron chi connectivity index (χ2n) is 7.52. The highest BCUT2D eigenvalue weighted by Gasteiger charge is 2.14. The molecule has 34 heavy (non-hydrogen) atoms. The summed E-state index contributed by atoms with van der Waals surface area (Å²) in [7, 11) is 4.78. The van der Waals surface area contributed by atoms with Crippen molar-refractivity contribution in [3.8, 4) is 28.4 Å². The van der Waals surface area contributed by atoms with Gasteiger partial charge in [0.15, 0.2) is 11.5 Å². The lowest BCUT2D eigenvalue weighted by molar-refractivity contribution is -0.121. The van der Waals surface area contributed by atoms with Gasteiger partial charge < -0.3 is 19.5 Å². The van der Waals surface area contributed by atoms with Gasteiger partial charge in [-0.25, -0.2) is 4.98 Å².